The van der Waals surface area contributed by atoms with Gasteiger partial charge in [0.05, 0.1) is 20.3 Å². The van der Waals surface area contributed by atoms with Crippen LogP contribution in [0, 0.1) is 0 Å². The van der Waals surface area contributed by atoms with Gasteiger partial charge in [0.2, 0.25) is 0 Å². The number of nitrogens with two attached hydrogens (primary N) is 1. The van der Waals surface area contributed by atoms with E-state index in [1.54, 1.807) is 20.4 Å². The zero-order chi connectivity index (χ0) is 12.3. The molecule has 0 saturated heterocycles. The molecule has 2 N–H and O–H groups in total. The number of ether oxygens (including phenoxy) is 2. The van der Waals surface area contributed by atoms with Crippen LogP contribution < -0.4 is 15.2 Å². The molecule has 0 aliphatic carbocycles. The fourth-order valence-corrected chi connectivity index (χ4v) is 2.21. The Bertz CT molecular complexity index is 463. The second-order valence-corrected chi connectivity index (χ2v) is 4.42. The van der Waals surface area contributed by atoms with Crippen LogP contribution in [0.2, 0.25) is 0 Å². The fourth-order valence-electron chi connectivity index (χ4n) is 1.54. The average Bonchev–Trinajstić information content (AvgIpc) is 2.91. The third kappa shape index (κ3) is 2.57. The largest absolute Gasteiger partial charge is 0.497 e. The molecule has 0 amide bonds. The predicted octanol–water partition coefficient (Wildman–Crippen LogP) is 2.21. The summed E-state index contributed by atoms with van der Waals surface area (Å²) >= 11 is 1.54. The topological polar surface area (TPSA) is 57.4 Å². The SMILES string of the molecule is COc1cc(OC)cc(C(N)c2nccs2)c1. The molecule has 0 radical (unpaired) electrons. The van der Waals surface area contributed by atoms with Crippen molar-refractivity contribution in [1.82, 2.24) is 4.98 Å². The van der Waals surface area contributed by atoms with Gasteiger partial charge in [0.1, 0.15) is 16.5 Å². The average molecular weight is 250 g/mol. The highest BCUT2D eigenvalue weighted by Gasteiger charge is 2.13. The first kappa shape index (κ1) is 11.9. The molecule has 4 nitrogen and oxygen atoms in total. The molecule has 90 valence electrons. The van der Waals surface area contributed by atoms with Crippen LogP contribution in [0.1, 0.15) is 16.6 Å². The van der Waals surface area contributed by atoms with Crippen molar-refractivity contribution in [1.29, 1.82) is 0 Å². The summed E-state index contributed by atoms with van der Waals surface area (Å²) in [7, 11) is 3.24. The van der Waals surface area contributed by atoms with E-state index in [9.17, 15) is 0 Å². The van der Waals surface area contributed by atoms with Gasteiger partial charge in [-0.1, -0.05) is 0 Å². The van der Waals surface area contributed by atoms with E-state index in [1.807, 2.05) is 23.6 Å². The second-order valence-electron chi connectivity index (χ2n) is 3.49. The molecule has 2 aromatic rings. The first-order chi connectivity index (χ1) is 8.24. The van der Waals surface area contributed by atoms with Crippen LogP contribution in [-0.4, -0.2) is 19.2 Å². The highest BCUT2D eigenvalue weighted by molar-refractivity contribution is 7.09. The number of thiazole rings is 1. The van der Waals surface area contributed by atoms with E-state index < -0.39 is 0 Å². The van der Waals surface area contributed by atoms with Crippen LogP contribution >= 0.6 is 11.3 Å². The van der Waals surface area contributed by atoms with Crippen LogP contribution in [0.5, 0.6) is 11.5 Å². The molecule has 0 aliphatic heterocycles. The molecule has 1 aromatic carbocycles. The molecular weight excluding hydrogens is 236 g/mol. The maximum atomic E-state index is 6.14. The van der Waals surface area contributed by atoms with E-state index in [-0.39, 0.29) is 6.04 Å². The number of hydrogen-bond acceptors (Lipinski definition) is 5. The quantitative estimate of drug-likeness (QED) is 0.903. The van der Waals surface area contributed by atoms with Crippen LogP contribution in [-0.2, 0) is 0 Å². The Kier molecular flexibility index (Phi) is 3.61. The minimum absolute atomic E-state index is 0.251. The summed E-state index contributed by atoms with van der Waals surface area (Å²) in [5.41, 5.74) is 7.07. The van der Waals surface area contributed by atoms with Crippen molar-refractivity contribution in [2.75, 3.05) is 14.2 Å². The van der Waals surface area contributed by atoms with Gasteiger partial charge in [0.15, 0.2) is 0 Å². The van der Waals surface area contributed by atoms with Crippen LogP contribution in [0.25, 0.3) is 0 Å². The number of methoxy groups -OCH3 is 2. The minimum atomic E-state index is -0.251. The van der Waals surface area contributed by atoms with Crippen LogP contribution in [0.3, 0.4) is 0 Å². The van der Waals surface area contributed by atoms with E-state index in [4.69, 9.17) is 15.2 Å². The van der Waals surface area contributed by atoms with Crippen molar-refractivity contribution in [3.8, 4) is 11.5 Å². The van der Waals surface area contributed by atoms with Gasteiger partial charge in [-0.05, 0) is 17.7 Å². The lowest BCUT2D eigenvalue weighted by Gasteiger charge is -2.12. The Labute approximate surface area is 104 Å². The summed E-state index contributed by atoms with van der Waals surface area (Å²) in [5, 5.41) is 2.78. The lowest BCUT2D eigenvalue weighted by molar-refractivity contribution is 0.393. The van der Waals surface area contributed by atoms with Gasteiger partial charge in [0, 0.05) is 17.6 Å². The summed E-state index contributed by atoms with van der Waals surface area (Å²) < 4.78 is 10.4. The lowest BCUT2D eigenvalue weighted by atomic mass is 10.1. The Hall–Kier alpha value is -1.59. The van der Waals surface area contributed by atoms with Gasteiger partial charge in [-0.25, -0.2) is 4.98 Å². The number of hydrogen-bond donors (Lipinski definition) is 1. The number of rotatable bonds is 4. The second kappa shape index (κ2) is 5.16. The molecule has 1 atom stereocenters. The molecular formula is C12H14N2O2S. The van der Waals surface area contributed by atoms with Gasteiger partial charge >= 0.3 is 0 Å². The van der Waals surface area contributed by atoms with Crippen molar-refractivity contribution >= 4 is 11.3 Å². The minimum Gasteiger partial charge on any atom is -0.497 e. The Morgan fingerprint density at radius 1 is 1.18 bits per heavy atom. The summed E-state index contributed by atoms with van der Waals surface area (Å²) in [6.07, 6.45) is 1.75. The molecule has 0 aliphatic rings. The molecule has 1 unspecified atom stereocenters. The monoisotopic (exact) mass is 250 g/mol. The Morgan fingerprint density at radius 3 is 2.29 bits per heavy atom. The van der Waals surface area contributed by atoms with Crippen LogP contribution in [0.4, 0.5) is 0 Å². The summed E-state index contributed by atoms with van der Waals surface area (Å²) in [6, 6.07) is 5.36. The number of nitrogens with zero attached hydrogens (tertiary/aromatic N) is 1. The molecule has 0 saturated carbocycles. The molecule has 0 fully saturated rings. The predicted molar refractivity (Wildman–Crippen MR) is 67.7 cm³/mol. The molecule has 5 heteroatoms. The fraction of sp³-hybridized carbons (Fsp3) is 0.250. The highest BCUT2D eigenvalue weighted by atomic mass is 32.1. The maximum absolute atomic E-state index is 6.14. The number of benzene rings is 1. The molecule has 1 heterocycles. The Balaban J connectivity index is 2.37. The van der Waals surface area contributed by atoms with E-state index in [0.717, 1.165) is 22.1 Å². The maximum Gasteiger partial charge on any atom is 0.122 e. The van der Waals surface area contributed by atoms with Crippen LogP contribution in [0.15, 0.2) is 29.8 Å². The first-order valence-electron chi connectivity index (χ1n) is 5.12. The molecule has 17 heavy (non-hydrogen) atoms. The molecule has 0 bridgehead atoms. The smallest absolute Gasteiger partial charge is 0.122 e. The van der Waals surface area contributed by atoms with Crippen molar-refractivity contribution in [3.63, 3.8) is 0 Å². The normalized spacial score (nSPS) is 12.2. The van der Waals surface area contributed by atoms with Crippen molar-refractivity contribution in [2.24, 2.45) is 5.73 Å². The lowest BCUT2D eigenvalue weighted by Crippen LogP contribution is -2.11. The molecule has 2 rings (SSSR count). The van der Waals surface area contributed by atoms with Gasteiger partial charge in [-0.2, -0.15) is 0 Å². The van der Waals surface area contributed by atoms with E-state index in [2.05, 4.69) is 4.98 Å². The molecule has 1 aromatic heterocycles. The van der Waals surface area contributed by atoms with Crippen molar-refractivity contribution < 1.29 is 9.47 Å². The molecule has 0 spiro atoms. The third-order valence-electron chi connectivity index (χ3n) is 2.45. The first-order valence-corrected chi connectivity index (χ1v) is 6.00. The van der Waals surface area contributed by atoms with Gasteiger partial charge in [-0.3, -0.25) is 0 Å². The summed E-state index contributed by atoms with van der Waals surface area (Å²) in [6.45, 7) is 0. The van der Waals surface area contributed by atoms with Gasteiger partial charge in [0.25, 0.3) is 0 Å². The van der Waals surface area contributed by atoms with E-state index in [0.29, 0.717) is 0 Å². The van der Waals surface area contributed by atoms with Crippen molar-refractivity contribution in [3.05, 3.63) is 40.3 Å². The highest BCUT2D eigenvalue weighted by Crippen LogP contribution is 2.29. The number of aromatic nitrogens is 1. The van der Waals surface area contributed by atoms with E-state index in [1.165, 1.54) is 11.3 Å². The Morgan fingerprint density at radius 2 is 1.82 bits per heavy atom. The summed E-state index contributed by atoms with van der Waals surface area (Å²) in [5.74, 6) is 1.46. The van der Waals surface area contributed by atoms with Gasteiger partial charge in [-0.15, -0.1) is 11.3 Å². The van der Waals surface area contributed by atoms with E-state index >= 15 is 0 Å². The zero-order valence-electron chi connectivity index (χ0n) is 9.71. The van der Waals surface area contributed by atoms with Crippen molar-refractivity contribution in [2.45, 2.75) is 6.04 Å². The summed E-state index contributed by atoms with van der Waals surface area (Å²) in [4.78, 5) is 4.22. The third-order valence-corrected chi connectivity index (χ3v) is 3.31. The zero-order valence-corrected chi connectivity index (χ0v) is 10.5. The van der Waals surface area contributed by atoms with Gasteiger partial charge < -0.3 is 15.2 Å². The standard InChI is InChI=1S/C12H14N2O2S/c1-15-9-5-8(6-10(7-9)16-2)11(13)12-14-3-4-17-12/h3-7,11H,13H2,1-2H3.